The Hall–Kier alpha value is -0.331. The van der Waals surface area contributed by atoms with E-state index >= 15 is 0 Å². The molecule has 0 unspecified atom stereocenters. The van der Waals surface area contributed by atoms with Crippen LogP contribution in [0.2, 0.25) is 0 Å². The molecule has 0 saturated carbocycles. The van der Waals surface area contributed by atoms with Crippen molar-refractivity contribution in [3.8, 4) is 0 Å². The second kappa shape index (κ2) is 26.9. The van der Waals surface area contributed by atoms with Crippen molar-refractivity contribution in [1.29, 1.82) is 0 Å². The van der Waals surface area contributed by atoms with Crippen molar-refractivity contribution in [2.24, 2.45) is 0 Å². The fraction of sp³-hybridized carbons (Fsp3) is 0.500. The molecule has 0 N–H and O–H groups in total. The Kier molecular flexibility index (Phi) is 31.4. The van der Waals surface area contributed by atoms with Gasteiger partial charge in [-0.05, 0) is 10.6 Å². The molecule has 0 bridgehead atoms. The van der Waals surface area contributed by atoms with Crippen LogP contribution >= 0.6 is 8.58 Å². The molecule has 146 valence electrons. The van der Waals surface area contributed by atoms with Crippen LogP contribution in [-0.2, 0) is 0 Å². The van der Waals surface area contributed by atoms with Crippen molar-refractivity contribution < 1.29 is 0 Å². The fourth-order valence-corrected chi connectivity index (χ4v) is 2.26. The summed E-state index contributed by atoms with van der Waals surface area (Å²) in [4.78, 5) is 0. The van der Waals surface area contributed by atoms with Gasteiger partial charge in [0.05, 0.1) is 0 Å². The predicted octanol–water partition coefficient (Wildman–Crippen LogP) is 7.35. The molecule has 2 aromatic carbocycles. The predicted molar refractivity (Wildman–Crippen MR) is 128 cm³/mol. The summed E-state index contributed by atoms with van der Waals surface area (Å²) in [7, 11) is 0.777. The third-order valence-electron chi connectivity index (χ3n) is 3.34. The van der Waals surface area contributed by atoms with Crippen LogP contribution in [0.15, 0.2) is 60.7 Å². The SMILES string of the molecule is CCCC.CCCC.CCCC.[Sn].c1ccc(Pc2ccccc2)cc1. The van der Waals surface area contributed by atoms with Crippen LogP contribution in [0, 0.1) is 0 Å². The zero-order chi connectivity index (χ0) is 19.2. The molecule has 0 fully saturated rings. The maximum atomic E-state index is 2.18. The molecule has 0 saturated heterocycles. The molecule has 0 atom stereocenters. The molecule has 0 aliphatic rings. The molecule has 0 aliphatic carbocycles. The molecule has 0 nitrogen and oxygen atoms in total. The van der Waals surface area contributed by atoms with E-state index in [0.29, 0.717) is 0 Å². The second-order valence-corrected chi connectivity index (χ2v) is 7.26. The van der Waals surface area contributed by atoms with E-state index < -0.39 is 0 Å². The molecule has 2 rings (SSSR count). The van der Waals surface area contributed by atoms with Gasteiger partial charge in [-0.3, -0.25) is 0 Å². The van der Waals surface area contributed by atoms with Crippen LogP contribution in [0.4, 0.5) is 0 Å². The molecule has 0 aliphatic heterocycles. The van der Waals surface area contributed by atoms with E-state index in [2.05, 4.69) is 102 Å². The Morgan fingerprint density at radius 3 is 0.885 bits per heavy atom. The largest absolute Gasteiger partial charge is 0.0654 e. The van der Waals surface area contributed by atoms with Gasteiger partial charge in [-0.25, -0.2) is 0 Å². The number of hydrogen-bond donors (Lipinski definition) is 0. The van der Waals surface area contributed by atoms with Gasteiger partial charge in [0, 0.05) is 23.9 Å². The maximum absolute atomic E-state index is 2.18. The molecule has 0 amide bonds. The number of unbranched alkanes of at least 4 members (excludes halogenated alkanes) is 3. The Morgan fingerprint density at radius 2 is 0.692 bits per heavy atom. The molecule has 2 aromatic rings. The van der Waals surface area contributed by atoms with Crippen LogP contribution in [0.25, 0.3) is 0 Å². The van der Waals surface area contributed by atoms with Gasteiger partial charge in [0.15, 0.2) is 0 Å². The van der Waals surface area contributed by atoms with E-state index in [1.165, 1.54) is 49.1 Å². The Morgan fingerprint density at radius 1 is 0.462 bits per heavy atom. The molecular formula is C24H41PSn. The van der Waals surface area contributed by atoms with Gasteiger partial charge in [-0.15, -0.1) is 0 Å². The third kappa shape index (κ3) is 23.7. The van der Waals surface area contributed by atoms with Crippen LogP contribution in [0.1, 0.15) is 80.1 Å². The van der Waals surface area contributed by atoms with Crippen LogP contribution in [-0.4, -0.2) is 23.9 Å². The molecule has 0 heterocycles. The van der Waals surface area contributed by atoms with Gasteiger partial charge in [0.1, 0.15) is 0 Å². The zero-order valence-corrected chi connectivity index (χ0v) is 21.9. The summed E-state index contributed by atoms with van der Waals surface area (Å²) in [6.45, 7) is 13.1. The van der Waals surface area contributed by atoms with E-state index in [9.17, 15) is 0 Å². The minimum absolute atomic E-state index is 0. The minimum Gasteiger partial charge on any atom is -0.0654 e. The zero-order valence-electron chi connectivity index (χ0n) is 18.0. The standard InChI is InChI=1S/C12H11P.3C4H10.Sn/c1-3-7-11(8-4-1)13-12-9-5-2-6-10-12;3*1-3-4-2;/h1-10,13H;3*3-4H2,1-2H3;. The van der Waals surface area contributed by atoms with Crippen molar-refractivity contribution in [2.45, 2.75) is 80.1 Å². The first-order valence-corrected chi connectivity index (χ1v) is 11.1. The van der Waals surface area contributed by atoms with Crippen molar-refractivity contribution in [2.75, 3.05) is 0 Å². The summed E-state index contributed by atoms with van der Waals surface area (Å²) >= 11 is 0. The van der Waals surface area contributed by atoms with Crippen LogP contribution < -0.4 is 10.6 Å². The van der Waals surface area contributed by atoms with Crippen molar-refractivity contribution in [3.63, 3.8) is 0 Å². The first-order valence-electron chi connectivity index (χ1n) is 10.1. The first-order chi connectivity index (χ1) is 12.2. The van der Waals surface area contributed by atoms with Crippen molar-refractivity contribution >= 4 is 43.1 Å². The Bertz CT molecular complexity index is 389. The van der Waals surface area contributed by atoms with E-state index in [1.807, 2.05) is 0 Å². The van der Waals surface area contributed by atoms with E-state index in [0.717, 1.165) is 8.58 Å². The van der Waals surface area contributed by atoms with Gasteiger partial charge in [-0.2, -0.15) is 0 Å². The first kappa shape index (κ1) is 30.4. The van der Waals surface area contributed by atoms with Gasteiger partial charge < -0.3 is 0 Å². The van der Waals surface area contributed by atoms with E-state index in [-0.39, 0.29) is 23.9 Å². The maximum Gasteiger partial charge on any atom is 0 e. The summed E-state index contributed by atoms with van der Waals surface area (Å²) in [6, 6.07) is 21.2. The average Bonchev–Trinajstić information content (AvgIpc) is 2.70. The van der Waals surface area contributed by atoms with Gasteiger partial charge in [0.2, 0.25) is 0 Å². The summed E-state index contributed by atoms with van der Waals surface area (Å²) < 4.78 is 0. The van der Waals surface area contributed by atoms with Crippen LogP contribution in [0.5, 0.6) is 0 Å². The topological polar surface area (TPSA) is 0 Å². The molecule has 2 heteroatoms. The van der Waals surface area contributed by atoms with Crippen molar-refractivity contribution in [1.82, 2.24) is 0 Å². The number of rotatable bonds is 5. The second-order valence-electron chi connectivity index (χ2n) is 5.86. The molecule has 26 heavy (non-hydrogen) atoms. The van der Waals surface area contributed by atoms with Crippen molar-refractivity contribution in [3.05, 3.63) is 60.7 Å². The van der Waals surface area contributed by atoms with Crippen LogP contribution in [0.3, 0.4) is 0 Å². The quantitative estimate of drug-likeness (QED) is 0.311. The van der Waals surface area contributed by atoms with Gasteiger partial charge >= 0.3 is 0 Å². The van der Waals surface area contributed by atoms with E-state index in [1.54, 1.807) is 0 Å². The Balaban J connectivity index is -0.000000342. The molecule has 0 aromatic heterocycles. The minimum atomic E-state index is 0. The molecule has 0 spiro atoms. The monoisotopic (exact) mass is 480 g/mol. The number of hydrogen-bond acceptors (Lipinski definition) is 0. The molecule has 4 radical (unpaired) electrons. The molecular weight excluding hydrogens is 438 g/mol. The average molecular weight is 479 g/mol. The fourth-order valence-electron chi connectivity index (χ4n) is 1.21. The van der Waals surface area contributed by atoms with E-state index in [4.69, 9.17) is 0 Å². The summed E-state index contributed by atoms with van der Waals surface area (Å²) in [6.07, 6.45) is 7.92. The Labute approximate surface area is 183 Å². The van der Waals surface area contributed by atoms with Gasteiger partial charge in [-0.1, -0.05) is 149 Å². The van der Waals surface area contributed by atoms with Gasteiger partial charge in [0.25, 0.3) is 0 Å². The summed E-state index contributed by atoms with van der Waals surface area (Å²) in [5.41, 5.74) is 0. The number of benzene rings is 2. The normalized spacial score (nSPS) is 8.38. The third-order valence-corrected chi connectivity index (χ3v) is 4.58. The smallest absolute Gasteiger partial charge is 0 e. The summed E-state index contributed by atoms with van der Waals surface area (Å²) in [5, 5.41) is 2.79. The summed E-state index contributed by atoms with van der Waals surface area (Å²) in [5.74, 6) is 0.